The SMILES string of the molecule is Clc1ccc(NC2C(Br)[C@@H]3C[C@H]2[C@H]2N=N[C@H]23)cc1. The molecule has 3 nitrogen and oxygen atoms in total. The second-order valence-corrected chi connectivity index (χ2v) is 6.89. The lowest BCUT2D eigenvalue weighted by Crippen LogP contribution is -2.50. The highest BCUT2D eigenvalue weighted by Gasteiger charge is 2.61. The van der Waals surface area contributed by atoms with Crippen molar-refractivity contribution in [2.75, 3.05) is 5.32 Å². The molecule has 2 aliphatic carbocycles. The molecule has 5 heteroatoms. The van der Waals surface area contributed by atoms with Crippen LogP contribution in [0.2, 0.25) is 5.02 Å². The lowest BCUT2D eigenvalue weighted by molar-refractivity contribution is 0.277. The van der Waals surface area contributed by atoms with Crippen molar-refractivity contribution < 1.29 is 0 Å². The normalized spacial score (nSPS) is 43.7. The van der Waals surface area contributed by atoms with E-state index < -0.39 is 0 Å². The summed E-state index contributed by atoms with van der Waals surface area (Å²) in [5.41, 5.74) is 1.13. The van der Waals surface area contributed by atoms with Crippen molar-refractivity contribution in [1.29, 1.82) is 0 Å². The maximum Gasteiger partial charge on any atom is 0.100 e. The van der Waals surface area contributed by atoms with Gasteiger partial charge in [0.1, 0.15) is 6.04 Å². The molecule has 2 saturated carbocycles. The highest BCUT2D eigenvalue weighted by molar-refractivity contribution is 9.09. The van der Waals surface area contributed by atoms with E-state index in [9.17, 15) is 0 Å². The molecule has 2 unspecified atom stereocenters. The van der Waals surface area contributed by atoms with E-state index >= 15 is 0 Å². The van der Waals surface area contributed by atoms with Gasteiger partial charge in [-0.2, -0.15) is 10.2 Å². The fourth-order valence-corrected chi connectivity index (χ4v) is 4.78. The zero-order chi connectivity index (χ0) is 12.3. The minimum absolute atomic E-state index is 0.455. The molecule has 0 amide bonds. The van der Waals surface area contributed by atoms with Gasteiger partial charge in [-0.05, 0) is 30.7 Å². The molecule has 94 valence electrons. The fourth-order valence-electron chi connectivity index (χ4n) is 3.60. The molecule has 18 heavy (non-hydrogen) atoms. The third-order valence-corrected chi connectivity index (χ3v) is 6.00. The van der Waals surface area contributed by atoms with Crippen LogP contribution in [0, 0.1) is 11.8 Å². The van der Waals surface area contributed by atoms with Crippen LogP contribution in [-0.4, -0.2) is 23.0 Å². The summed E-state index contributed by atoms with van der Waals surface area (Å²) < 4.78 is 0. The Morgan fingerprint density at radius 3 is 2.44 bits per heavy atom. The van der Waals surface area contributed by atoms with Crippen LogP contribution in [0.3, 0.4) is 0 Å². The van der Waals surface area contributed by atoms with Crippen molar-refractivity contribution in [2.45, 2.75) is 29.4 Å². The Kier molecular flexibility index (Phi) is 2.46. The van der Waals surface area contributed by atoms with Gasteiger partial charge in [0.05, 0.1) is 6.04 Å². The van der Waals surface area contributed by atoms with E-state index in [1.807, 2.05) is 24.3 Å². The Bertz CT molecular complexity index is 503. The fraction of sp³-hybridized carbons (Fsp3) is 0.538. The molecule has 1 N–H and O–H groups in total. The van der Waals surface area contributed by atoms with Crippen LogP contribution in [0.5, 0.6) is 0 Å². The number of halogens is 2. The maximum absolute atomic E-state index is 5.91. The van der Waals surface area contributed by atoms with Crippen molar-refractivity contribution in [2.24, 2.45) is 22.1 Å². The van der Waals surface area contributed by atoms with Gasteiger partial charge >= 0.3 is 0 Å². The second kappa shape index (κ2) is 3.94. The number of nitrogens with one attached hydrogen (secondary N) is 1. The van der Waals surface area contributed by atoms with Gasteiger partial charge in [-0.25, -0.2) is 0 Å². The summed E-state index contributed by atoms with van der Waals surface area (Å²) in [6.45, 7) is 0. The van der Waals surface area contributed by atoms with Crippen LogP contribution in [-0.2, 0) is 0 Å². The lowest BCUT2D eigenvalue weighted by Gasteiger charge is -2.39. The Hall–Kier alpha value is -0.610. The van der Waals surface area contributed by atoms with Crippen LogP contribution >= 0.6 is 27.5 Å². The minimum Gasteiger partial charge on any atom is -0.381 e. The Morgan fingerprint density at radius 1 is 1.11 bits per heavy atom. The molecule has 6 atom stereocenters. The molecular weight excluding hydrogens is 314 g/mol. The van der Waals surface area contributed by atoms with E-state index in [2.05, 4.69) is 31.5 Å². The van der Waals surface area contributed by atoms with Gasteiger partial charge in [-0.1, -0.05) is 27.5 Å². The molecule has 0 spiro atoms. The molecule has 0 radical (unpaired) electrons. The molecule has 3 aliphatic rings. The molecule has 1 heterocycles. The standard InChI is InChI=1S/C13H13BrClN3/c14-10-8-5-9(13-12(8)17-18-13)11(10)16-7-3-1-6(15)2-4-7/h1-4,8-13,16H,5H2/t8-,9+,10?,11?,12-,13+/m0/s1. The number of alkyl halides is 1. The van der Waals surface area contributed by atoms with Gasteiger partial charge in [0.15, 0.2) is 0 Å². The van der Waals surface area contributed by atoms with Crippen LogP contribution in [0.25, 0.3) is 0 Å². The molecule has 2 bridgehead atoms. The van der Waals surface area contributed by atoms with Crippen molar-refractivity contribution in [3.8, 4) is 0 Å². The van der Waals surface area contributed by atoms with E-state index in [0.717, 1.165) is 10.7 Å². The molecule has 2 fully saturated rings. The van der Waals surface area contributed by atoms with Gasteiger partial charge in [0.25, 0.3) is 0 Å². The number of hydrogen-bond donors (Lipinski definition) is 1. The van der Waals surface area contributed by atoms with E-state index in [1.54, 1.807) is 0 Å². The quantitative estimate of drug-likeness (QED) is 0.826. The highest BCUT2D eigenvalue weighted by atomic mass is 79.9. The number of nitrogens with zero attached hydrogens (tertiary/aromatic N) is 2. The molecule has 1 aromatic carbocycles. The predicted molar refractivity (Wildman–Crippen MR) is 75.6 cm³/mol. The monoisotopic (exact) mass is 325 g/mol. The zero-order valence-electron chi connectivity index (χ0n) is 9.63. The molecule has 1 aromatic rings. The van der Waals surface area contributed by atoms with Crippen LogP contribution in [0.1, 0.15) is 6.42 Å². The lowest BCUT2D eigenvalue weighted by atomic mass is 9.85. The van der Waals surface area contributed by atoms with Crippen molar-refractivity contribution in [3.63, 3.8) is 0 Å². The first-order valence-electron chi connectivity index (χ1n) is 6.30. The summed E-state index contributed by atoms with van der Waals surface area (Å²) in [5.74, 6) is 1.28. The van der Waals surface area contributed by atoms with E-state index in [1.165, 1.54) is 6.42 Å². The van der Waals surface area contributed by atoms with Gasteiger partial charge in [0.2, 0.25) is 0 Å². The van der Waals surface area contributed by atoms with Crippen molar-refractivity contribution in [1.82, 2.24) is 0 Å². The Labute approximate surface area is 119 Å². The van der Waals surface area contributed by atoms with Crippen LogP contribution in [0.15, 0.2) is 34.5 Å². The first-order chi connectivity index (χ1) is 8.74. The molecule has 0 saturated heterocycles. The summed E-state index contributed by atoms with van der Waals surface area (Å²) in [6, 6.07) is 9.33. The molecule has 1 aliphatic heterocycles. The number of azo groups is 1. The maximum atomic E-state index is 5.91. The van der Waals surface area contributed by atoms with Crippen LogP contribution in [0.4, 0.5) is 5.69 Å². The summed E-state index contributed by atoms with van der Waals surface area (Å²) in [7, 11) is 0. The van der Waals surface area contributed by atoms with Crippen molar-refractivity contribution >= 4 is 33.2 Å². The molecular formula is C13H13BrClN3. The third kappa shape index (κ3) is 1.48. The first kappa shape index (κ1) is 11.2. The average Bonchev–Trinajstić information content (AvgIpc) is 2.73. The number of rotatable bonds is 2. The van der Waals surface area contributed by atoms with E-state index in [-0.39, 0.29) is 0 Å². The van der Waals surface area contributed by atoms with Crippen molar-refractivity contribution in [3.05, 3.63) is 29.3 Å². The Balaban J connectivity index is 1.56. The topological polar surface area (TPSA) is 36.8 Å². The Morgan fingerprint density at radius 2 is 1.78 bits per heavy atom. The largest absolute Gasteiger partial charge is 0.381 e. The number of anilines is 1. The summed E-state index contributed by atoms with van der Waals surface area (Å²) in [5, 5.41) is 13.0. The summed E-state index contributed by atoms with van der Waals surface area (Å²) in [6.07, 6.45) is 1.24. The highest BCUT2D eigenvalue weighted by Crippen LogP contribution is 2.54. The zero-order valence-corrected chi connectivity index (χ0v) is 12.0. The smallest absolute Gasteiger partial charge is 0.100 e. The van der Waals surface area contributed by atoms with Gasteiger partial charge in [-0.15, -0.1) is 0 Å². The van der Waals surface area contributed by atoms with E-state index in [0.29, 0.717) is 34.8 Å². The van der Waals surface area contributed by atoms with Gasteiger partial charge in [-0.3, -0.25) is 0 Å². The summed E-state index contributed by atoms with van der Waals surface area (Å²) in [4.78, 5) is 0.499. The van der Waals surface area contributed by atoms with Gasteiger partial charge in [0, 0.05) is 33.4 Å². The second-order valence-electron chi connectivity index (χ2n) is 5.40. The number of benzene rings is 1. The average molecular weight is 327 g/mol. The minimum atomic E-state index is 0.455. The first-order valence-corrected chi connectivity index (χ1v) is 7.59. The predicted octanol–water partition coefficient (Wildman–Crippen LogP) is 3.74. The van der Waals surface area contributed by atoms with E-state index in [4.69, 9.17) is 11.6 Å². The number of hydrogen-bond acceptors (Lipinski definition) is 3. The summed E-state index contributed by atoms with van der Waals surface area (Å²) >= 11 is 9.75. The van der Waals surface area contributed by atoms with Gasteiger partial charge < -0.3 is 5.32 Å². The molecule has 0 aromatic heterocycles. The van der Waals surface area contributed by atoms with Crippen LogP contribution < -0.4 is 5.32 Å². The third-order valence-electron chi connectivity index (χ3n) is 4.50. The number of fused-ring (bicyclic) bond motifs is 5. The molecule has 4 rings (SSSR count).